The third-order valence-corrected chi connectivity index (χ3v) is 5.31. The van der Waals surface area contributed by atoms with Gasteiger partial charge >= 0.3 is 11.9 Å². The van der Waals surface area contributed by atoms with Gasteiger partial charge in [-0.05, 0) is 48.1 Å². The first kappa shape index (κ1) is 19.3. The quantitative estimate of drug-likeness (QED) is 0.785. The van der Waals surface area contributed by atoms with Gasteiger partial charge in [-0.1, -0.05) is 13.8 Å². The lowest BCUT2D eigenvalue weighted by molar-refractivity contribution is -0.426. The Labute approximate surface area is 161 Å². The number of halogens is 1. The summed E-state index contributed by atoms with van der Waals surface area (Å²) in [6.45, 7) is 5.63. The summed E-state index contributed by atoms with van der Waals surface area (Å²) >= 11 is 1.33. The van der Waals surface area contributed by atoms with Gasteiger partial charge in [-0.2, -0.15) is 14.3 Å². The number of hydrogen-bond donors (Lipinski definition) is 1. The Hall–Kier alpha value is -2.48. The van der Waals surface area contributed by atoms with Crippen LogP contribution in [0.4, 0.5) is 14.9 Å². The third-order valence-electron chi connectivity index (χ3n) is 4.30. The first-order chi connectivity index (χ1) is 12.8. The Morgan fingerprint density at radius 2 is 2.11 bits per heavy atom. The van der Waals surface area contributed by atoms with Crippen molar-refractivity contribution in [2.75, 3.05) is 18.4 Å². The second-order valence-electron chi connectivity index (χ2n) is 6.96. The molecule has 0 bridgehead atoms. The van der Waals surface area contributed by atoms with E-state index in [9.17, 15) is 18.8 Å². The van der Waals surface area contributed by atoms with Gasteiger partial charge in [-0.25, -0.2) is 9.18 Å². The van der Waals surface area contributed by atoms with Crippen molar-refractivity contribution in [2.45, 2.75) is 26.0 Å². The van der Waals surface area contributed by atoms with Crippen LogP contribution < -0.4 is 5.32 Å². The van der Waals surface area contributed by atoms with Crippen LogP contribution in [0.5, 0.6) is 0 Å². The summed E-state index contributed by atoms with van der Waals surface area (Å²) in [4.78, 5) is 39.2. The predicted octanol–water partition coefficient (Wildman–Crippen LogP) is 2.77. The molecule has 27 heavy (non-hydrogen) atoms. The predicted molar refractivity (Wildman–Crippen MR) is 102 cm³/mol. The number of urea groups is 1. The normalized spacial score (nSPS) is 19.1. The molecule has 0 spiro atoms. The molecule has 6 nitrogen and oxygen atoms in total. The number of amides is 4. The van der Waals surface area contributed by atoms with Gasteiger partial charge in [0.05, 0.1) is 6.54 Å². The smallest absolute Gasteiger partial charge is 0.322 e. The van der Waals surface area contributed by atoms with Crippen molar-refractivity contribution in [3.63, 3.8) is 0 Å². The standard InChI is InChI=1S/C19H20FN3O3S/c1-11(2)9-23-18(25)17-15(6-7-27-17)22(19(23)26)10-16(24)21-14-5-4-13(20)8-12(14)3/h4-8,11,17H,9-10H2,1-3H3/p+1. The highest BCUT2D eigenvalue weighted by Gasteiger charge is 2.49. The molecule has 0 saturated heterocycles. The number of nitrogens with one attached hydrogen (secondary N) is 1. The molecule has 3 rings (SSSR count). The molecule has 2 aliphatic rings. The Morgan fingerprint density at radius 3 is 2.78 bits per heavy atom. The van der Waals surface area contributed by atoms with Crippen molar-refractivity contribution in [3.05, 3.63) is 41.1 Å². The lowest BCUT2D eigenvalue weighted by atomic mass is 10.1. The summed E-state index contributed by atoms with van der Waals surface area (Å²) < 4.78 is 14.6. The number of carbonyl (C=O) groups excluding carboxylic acids is 3. The number of hydrogen-bond acceptors (Lipinski definition) is 4. The summed E-state index contributed by atoms with van der Waals surface area (Å²) in [5, 5.41) is 3.97. The van der Waals surface area contributed by atoms with Crippen molar-refractivity contribution < 1.29 is 23.3 Å². The van der Waals surface area contributed by atoms with E-state index < -0.39 is 17.2 Å². The summed E-state index contributed by atoms with van der Waals surface area (Å²) in [6.07, 6.45) is 1.70. The monoisotopic (exact) mass is 390 g/mol. The number of allylic oxidation sites excluding steroid dienone is 1. The van der Waals surface area contributed by atoms with Gasteiger partial charge in [0.15, 0.2) is 11.8 Å². The highest BCUT2D eigenvalue weighted by Crippen LogP contribution is 2.28. The maximum absolute atomic E-state index is 13.2. The fourth-order valence-electron chi connectivity index (χ4n) is 3.05. The van der Waals surface area contributed by atoms with E-state index in [4.69, 9.17) is 0 Å². The molecule has 0 radical (unpaired) electrons. The lowest BCUT2D eigenvalue weighted by Gasteiger charge is -2.25. The van der Waals surface area contributed by atoms with Crippen LogP contribution in [0.25, 0.3) is 0 Å². The highest BCUT2D eigenvalue weighted by molar-refractivity contribution is 8.04. The molecule has 1 aromatic carbocycles. The van der Waals surface area contributed by atoms with Crippen LogP contribution in [0.15, 0.2) is 29.7 Å². The van der Waals surface area contributed by atoms with Gasteiger partial charge < -0.3 is 5.32 Å². The summed E-state index contributed by atoms with van der Waals surface area (Å²) in [5.74, 6) is -0.916. The first-order valence-electron chi connectivity index (χ1n) is 8.65. The van der Waals surface area contributed by atoms with E-state index in [0.29, 0.717) is 23.5 Å². The van der Waals surface area contributed by atoms with Crippen LogP contribution >= 0.6 is 11.8 Å². The van der Waals surface area contributed by atoms with E-state index in [2.05, 4.69) is 5.32 Å². The maximum Gasteiger partial charge on any atom is 0.501 e. The van der Waals surface area contributed by atoms with Crippen LogP contribution in [0.2, 0.25) is 0 Å². The fraction of sp³-hybridized carbons (Fsp3) is 0.368. The topological polar surface area (TPSA) is 69.5 Å². The van der Waals surface area contributed by atoms with E-state index in [0.717, 1.165) is 0 Å². The number of carbonyl (C=O) groups is 3. The molecule has 8 heteroatoms. The third kappa shape index (κ3) is 3.95. The fourth-order valence-corrected chi connectivity index (χ4v) is 4.01. The molecule has 1 atom stereocenters. The number of anilines is 1. The van der Waals surface area contributed by atoms with Gasteiger partial charge in [0.25, 0.3) is 5.91 Å². The Balaban J connectivity index is 1.83. The molecule has 0 aromatic heterocycles. The number of rotatable bonds is 5. The molecule has 142 valence electrons. The molecule has 0 fully saturated rings. The molecule has 1 aromatic rings. The second-order valence-corrected chi connectivity index (χ2v) is 7.98. The van der Waals surface area contributed by atoms with Crippen molar-refractivity contribution in [3.8, 4) is 0 Å². The number of fused-ring (bicyclic) bond motifs is 1. The number of imide groups is 1. The zero-order chi connectivity index (χ0) is 19.7. The van der Waals surface area contributed by atoms with Crippen molar-refractivity contribution >= 4 is 41.0 Å². The number of aryl methyl sites for hydroxylation is 1. The second kappa shape index (κ2) is 7.64. The molecule has 0 saturated carbocycles. The van der Waals surface area contributed by atoms with E-state index >= 15 is 0 Å². The van der Waals surface area contributed by atoms with Crippen LogP contribution in [0, 0.1) is 18.7 Å². The molecule has 0 aliphatic carbocycles. The zero-order valence-electron chi connectivity index (χ0n) is 15.4. The molecule has 2 aliphatic heterocycles. The summed E-state index contributed by atoms with van der Waals surface area (Å²) in [7, 11) is 0. The summed E-state index contributed by atoms with van der Waals surface area (Å²) in [5.41, 5.74) is 1.60. The summed E-state index contributed by atoms with van der Waals surface area (Å²) in [6, 6.07) is 3.58. The Bertz CT molecular complexity index is 879. The van der Waals surface area contributed by atoms with Crippen LogP contribution in [-0.2, 0) is 9.59 Å². The number of benzene rings is 1. The first-order valence-corrected chi connectivity index (χ1v) is 9.60. The van der Waals surface area contributed by atoms with Gasteiger partial charge in [-0.3, -0.25) is 4.79 Å². The van der Waals surface area contributed by atoms with Crippen LogP contribution in [0.1, 0.15) is 19.4 Å². The van der Waals surface area contributed by atoms with Gasteiger partial charge in [0, 0.05) is 5.69 Å². The number of nitrogens with zero attached hydrogens (tertiary/aromatic N) is 2. The molecule has 2 heterocycles. The maximum atomic E-state index is 13.2. The van der Waals surface area contributed by atoms with E-state index in [1.165, 1.54) is 39.4 Å². The van der Waals surface area contributed by atoms with Crippen molar-refractivity contribution in [1.29, 1.82) is 0 Å². The molecular formula is C19H21FN3O3S+. The van der Waals surface area contributed by atoms with Gasteiger partial charge in [-0.15, -0.1) is 11.8 Å². The highest BCUT2D eigenvalue weighted by atomic mass is 32.2. The largest absolute Gasteiger partial charge is 0.501 e. The van der Waals surface area contributed by atoms with Gasteiger partial charge in [0.2, 0.25) is 0 Å². The van der Waals surface area contributed by atoms with Gasteiger partial charge in [0.1, 0.15) is 11.5 Å². The van der Waals surface area contributed by atoms with Crippen molar-refractivity contribution in [1.82, 2.24) is 4.90 Å². The van der Waals surface area contributed by atoms with Crippen molar-refractivity contribution in [2.24, 2.45) is 5.92 Å². The molecule has 1 N–H and O–H groups in total. The van der Waals surface area contributed by atoms with Crippen LogP contribution in [0.3, 0.4) is 0 Å². The average Bonchev–Trinajstić information content (AvgIpc) is 3.07. The van der Waals surface area contributed by atoms with E-state index in [-0.39, 0.29) is 24.2 Å². The van der Waals surface area contributed by atoms with E-state index in [1.54, 1.807) is 18.4 Å². The molecule has 4 amide bonds. The van der Waals surface area contributed by atoms with E-state index in [1.807, 2.05) is 13.8 Å². The Morgan fingerprint density at radius 1 is 1.37 bits per heavy atom. The minimum atomic E-state index is -0.498. The lowest BCUT2D eigenvalue weighted by Crippen LogP contribution is -2.57. The minimum Gasteiger partial charge on any atom is -0.322 e. The SMILES string of the molecule is Cc1cc(F)ccc1NC(=O)C[N+]1=C2C=CSC2C(=O)N(CC(C)C)C1=O. The Kier molecular flexibility index (Phi) is 5.46. The minimum absolute atomic E-state index is 0.122. The van der Waals surface area contributed by atoms with Crippen LogP contribution in [-0.4, -0.2) is 51.4 Å². The average molecular weight is 390 g/mol. The zero-order valence-corrected chi connectivity index (χ0v) is 16.2. The number of thioether (sulfide) groups is 1. The molecule has 1 unspecified atom stereocenters. The molecular weight excluding hydrogens is 369 g/mol.